The predicted octanol–water partition coefficient (Wildman–Crippen LogP) is 1.12. The van der Waals surface area contributed by atoms with Crippen LogP contribution in [0.15, 0.2) is 11.4 Å². The van der Waals surface area contributed by atoms with E-state index in [1.807, 2.05) is 6.26 Å². The van der Waals surface area contributed by atoms with Gasteiger partial charge in [0.2, 0.25) is 0 Å². The Balaban J connectivity index is 2.28. The fourth-order valence-corrected chi connectivity index (χ4v) is 1.86. The Hall–Kier alpha value is -1.17. The molecule has 2 heterocycles. The van der Waals surface area contributed by atoms with Crippen LogP contribution in [0.4, 0.5) is 4.39 Å². The van der Waals surface area contributed by atoms with Gasteiger partial charge in [-0.15, -0.1) is 0 Å². The summed E-state index contributed by atoms with van der Waals surface area (Å²) in [5, 5.41) is 0.642. The Morgan fingerprint density at radius 1 is 1.67 bits per heavy atom. The fourth-order valence-electron chi connectivity index (χ4n) is 1.50. The molecule has 2 rings (SSSR count). The van der Waals surface area contributed by atoms with Crippen LogP contribution in [0.5, 0.6) is 0 Å². The van der Waals surface area contributed by atoms with Gasteiger partial charge in [0.15, 0.2) is 5.16 Å². The summed E-state index contributed by atoms with van der Waals surface area (Å²) >= 11 is 1.42. The van der Waals surface area contributed by atoms with Crippen LogP contribution in [0, 0.1) is 0 Å². The summed E-state index contributed by atoms with van der Waals surface area (Å²) in [6, 6.07) is 0. The lowest BCUT2D eigenvalue weighted by molar-refractivity contribution is 0.0767. The molecule has 0 radical (unpaired) electrons. The van der Waals surface area contributed by atoms with Crippen LogP contribution < -0.4 is 0 Å². The van der Waals surface area contributed by atoms with Gasteiger partial charge in [-0.25, -0.2) is 14.4 Å². The number of hydrogen-bond donors (Lipinski definition) is 0. The minimum Gasteiger partial charge on any atom is -0.330 e. The molecule has 0 aromatic carbocycles. The normalized spacial score (nSPS) is 14.5. The summed E-state index contributed by atoms with van der Waals surface area (Å²) in [7, 11) is 0. The second-order valence-electron chi connectivity index (χ2n) is 3.13. The van der Waals surface area contributed by atoms with E-state index < -0.39 is 6.67 Å². The number of halogens is 1. The van der Waals surface area contributed by atoms with Crippen molar-refractivity contribution in [2.24, 2.45) is 0 Å². The zero-order valence-corrected chi connectivity index (χ0v) is 9.05. The molecule has 0 N–H and O–H groups in total. The molecule has 0 saturated heterocycles. The minimum absolute atomic E-state index is 0.129. The SMILES string of the molecule is CSc1ncc2c(n1)CN(CCF)C2=O. The molecule has 0 atom stereocenters. The number of fused-ring (bicyclic) bond motifs is 1. The summed E-state index contributed by atoms with van der Waals surface area (Å²) in [5.41, 5.74) is 1.20. The van der Waals surface area contributed by atoms with Crippen molar-refractivity contribution >= 4 is 17.7 Å². The summed E-state index contributed by atoms with van der Waals surface area (Å²) in [6.07, 6.45) is 3.40. The monoisotopic (exact) mass is 227 g/mol. The van der Waals surface area contributed by atoms with Gasteiger partial charge in [-0.3, -0.25) is 4.79 Å². The van der Waals surface area contributed by atoms with Crippen molar-refractivity contribution in [1.29, 1.82) is 0 Å². The highest BCUT2D eigenvalue weighted by Crippen LogP contribution is 2.21. The fraction of sp³-hybridized carbons (Fsp3) is 0.444. The summed E-state index contributed by atoms with van der Waals surface area (Å²) in [4.78, 5) is 21.4. The van der Waals surface area contributed by atoms with Crippen LogP contribution in [-0.2, 0) is 6.54 Å². The minimum atomic E-state index is -0.525. The third-order valence-corrected chi connectivity index (χ3v) is 2.80. The standard InChI is InChI=1S/C9H10FN3OS/c1-15-9-11-4-6-7(12-9)5-13(3-2-10)8(6)14/h4H,2-3,5H2,1H3. The highest BCUT2D eigenvalue weighted by Gasteiger charge is 2.28. The second-order valence-corrected chi connectivity index (χ2v) is 3.91. The number of carbonyl (C=O) groups is 1. The van der Waals surface area contributed by atoms with Gasteiger partial charge in [-0.1, -0.05) is 11.8 Å². The van der Waals surface area contributed by atoms with Crippen LogP contribution in [-0.4, -0.2) is 40.3 Å². The number of amides is 1. The van der Waals surface area contributed by atoms with Crippen LogP contribution in [0.2, 0.25) is 0 Å². The first-order chi connectivity index (χ1) is 7.26. The van der Waals surface area contributed by atoms with Gasteiger partial charge >= 0.3 is 0 Å². The maximum atomic E-state index is 12.2. The van der Waals surface area contributed by atoms with E-state index in [0.29, 0.717) is 23.0 Å². The summed E-state index contributed by atoms with van der Waals surface area (Å²) < 4.78 is 12.2. The highest BCUT2D eigenvalue weighted by atomic mass is 32.2. The number of thioether (sulfide) groups is 1. The Bertz CT molecular complexity index is 399. The van der Waals surface area contributed by atoms with Gasteiger partial charge in [0.25, 0.3) is 5.91 Å². The van der Waals surface area contributed by atoms with Gasteiger partial charge < -0.3 is 4.90 Å². The molecule has 0 saturated carbocycles. The van der Waals surface area contributed by atoms with Crippen molar-refractivity contribution < 1.29 is 9.18 Å². The van der Waals surface area contributed by atoms with Crippen molar-refractivity contribution in [1.82, 2.24) is 14.9 Å². The van der Waals surface area contributed by atoms with E-state index in [-0.39, 0.29) is 12.5 Å². The second kappa shape index (κ2) is 4.14. The molecule has 0 fully saturated rings. The van der Waals surface area contributed by atoms with Crippen LogP contribution in [0.1, 0.15) is 16.1 Å². The molecule has 1 aliphatic heterocycles. The molecule has 80 valence electrons. The maximum absolute atomic E-state index is 12.2. The topological polar surface area (TPSA) is 46.1 Å². The Morgan fingerprint density at radius 3 is 3.13 bits per heavy atom. The van der Waals surface area contributed by atoms with E-state index in [0.717, 1.165) is 0 Å². The molecule has 6 heteroatoms. The van der Waals surface area contributed by atoms with E-state index >= 15 is 0 Å². The van der Waals surface area contributed by atoms with Crippen LogP contribution in [0.3, 0.4) is 0 Å². The lowest BCUT2D eigenvalue weighted by atomic mass is 10.3. The average molecular weight is 227 g/mol. The van der Waals surface area contributed by atoms with Gasteiger partial charge in [0, 0.05) is 12.7 Å². The molecule has 1 aliphatic rings. The first-order valence-corrected chi connectivity index (χ1v) is 5.74. The Kier molecular flexibility index (Phi) is 2.86. The third kappa shape index (κ3) is 1.81. The highest BCUT2D eigenvalue weighted by molar-refractivity contribution is 7.98. The smallest absolute Gasteiger partial charge is 0.257 e. The van der Waals surface area contributed by atoms with Crippen LogP contribution >= 0.6 is 11.8 Å². The first kappa shape index (κ1) is 10.4. The summed E-state index contributed by atoms with van der Waals surface area (Å²) in [6.45, 7) is 0.000499. The third-order valence-electron chi connectivity index (χ3n) is 2.24. The zero-order chi connectivity index (χ0) is 10.8. The van der Waals surface area contributed by atoms with Gasteiger partial charge in [0.05, 0.1) is 17.8 Å². The van der Waals surface area contributed by atoms with E-state index in [1.165, 1.54) is 22.9 Å². The average Bonchev–Trinajstić information content (AvgIpc) is 2.56. The number of hydrogen-bond acceptors (Lipinski definition) is 4. The largest absolute Gasteiger partial charge is 0.330 e. The molecule has 0 aliphatic carbocycles. The first-order valence-electron chi connectivity index (χ1n) is 4.51. The molecular formula is C9H10FN3OS. The zero-order valence-electron chi connectivity index (χ0n) is 8.23. The predicted molar refractivity (Wildman–Crippen MR) is 54.5 cm³/mol. The quantitative estimate of drug-likeness (QED) is 0.573. The molecule has 1 amide bonds. The molecule has 0 unspecified atom stereocenters. The number of nitrogens with zero attached hydrogens (tertiary/aromatic N) is 3. The van der Waals surface area contributed by atoms with Gasteiger partial charge in [-0.2, -0.15) is 0 Å². The van der Waals surface area contributed by atoms with Crippen molar-refractivity contribution in [3.63, 3.8) is 0 Å². The molecule has 15 heavy (non-hydrogen) atoms. The molecule has 1 aromatic heterocycles. The van der Waals surface area contributed by atoms with E-state index in [1.54, 1.807) is 0 Å². The number of rotatable bonds is 3. The molecule has 1 aromatic rings. The van der Waals surface area contributed by atoms with E-state index in [4.69, 9.17) is 0 Å². The number of alkyl halides is 1. The molecule has 4 nitrogen and oxygen atoms in total. The lowest BCUT2D eigenvalue weighted by Crippen LogP contribution is -2.26. The Labute approximate surface area is 90.9 Å². The van der Waals surface area contributed by atoms with E-state index in [2.05, 4.69) is 9.97 Å². The molecular weight excluding hydrogens is 217 g/mol. The lowest BCUT2D eigenvalue weighted by Gasteiger charge is -2.11. The van der Waals surface area contributed by atoms with Gasteiger partial charge in [-0.05, 0) is 6.26 Å². The van der Waals surface area contributed by atoms with Crippen molar-refractivity contribution in [2.45, 2.75) is 11.7 Å². The van der Waals surface area contributed by atoms with Crippen molar-refractivity contribution in [2.75, 3.05) is 19.5 Å². The van der Waals surface area contributed by atoms with Gasteiger partial charge in [0.1, 0.15) is 6.67 Å². The van der Waals surface area contributed by atoms with E-state index in [9.17, 15) is 9.18 Å². The Morgan fingerprint density at radius 2 is 2.47 bits per heavy atom. The number of aromatic nitrogens is 2. The van der Waals surface area contributed by atoms with Crippen molar-refractivity contribution in [3.05, 3.63) is 17.5 Å². The molecule has 0 bridgehead atoms. The van der Waals surface area contributed by atoms with Crippen LogP contribution in [0.25, 0.3) is 0 Å². The number of carbonyl (C=O) groups excluding carboxylic acids is 1. The van der Waals surface area contributed by atoms with Crippen molar-refractivity contribution in [3.8, 4) is 0 Å². The maximum Gasteiger partial charge on any atom is 0.257 e. The summed E-state index contributed by atoms with van der Waals surface area (Å²) in [5.74, 6) is -0.171. The molecule has 0 spiro atoms.